The molecule has 0 atom stereocenters. The average Bonchev–Trinajstić information content (AvgIpc) is 2.66. The molecule has 1 heterocycles. The Bertz CT molecular complexity index is 754. The molecule has 0 aromatic heterocycles. The number of hydrogen-bond donors (Lipinski definition) is 0. The fraction of sp³-hybridized carbons (Fsp3) is 0.389. The number of carbonyl (C=O) groups is 3. The molecule has 140 valence electrons. The second-order valence-corrected chi connectivity index (χ2v) is 5.44. The van der Waals surface area contributed by atoms with Gasteiger partial charge in [0.2, 0.25) is 0 Å². The summed E-state index contributed by atoms with van der Waals surface area (Å²) in [5.74, 6) is -1.78. The maximum atomic E-state index is 12.3. The summed E-state index contributed by atoms with van der Waals surface area (Å²) >= 11 is 0. The number of methoxy groups -OCH3 is 2. The molecule has 1 aliphatic heterocycles. The monoisotopic (exact) mass is 363 g/mol. The Hall–Kier alpha value is -2.87. The van der Waals surface area contributed by atoms with Crippen LogP contribution in [0.3, 0.4) is 0 Å². The molecule has 0 spiro atoms. The molecule has 8 heteroatoms. The van der Waals surface area contributed by atoms with E-state index in [9.17, 15) is 14.4 Å². The first-order valence-electron chi connectivity index (χ1n) is 7.97. The number of rotatable bonds is 5. The normalized spacial score (nSPS) is 14.1. The van der Waals surface area contributed by atoms with Crippen LogP contribution in [0.5, 0.6) is 0 Å². The predicted molar refractivity (Wildman–Crippen MR) is 91.5 cm³/mol. The molecule has 0 amide bonds. The zero-order valence-electron chi connectivity index (χ0n) is 15.2. The summed E-state index contributed by atoms with van der Waals surface area (Å²) in [6.45, 7) is 3.76. The van der Waals surface area contributed by atoms with Gasteiger partial charge in [0.15, 0.2) is 0 Å². The first kappa shape index (κ1) is 19.5. The van der Waals surface area contributed by atoms with E-state index in [1.165, 1.54) is 19.1 Å². The largest absolute Gasteiger partial charge is 0.466 e. The second-order valence-electron chi connectivity index (χ2n) is 5.44. The Labute approximate surface area is 151 Å². The van der Waals surface area contributed by atoms with Gasteiger partial charge in [-0.25, -0.2) is 14.4 Å². The van der Waals surface area contributed by atoms with Gasteiger partial charge in [-0.1, -0.05) is 0 Å². The van der Waals surface area contributed by atoms with Gasteiger partial charge < -0.3 is 23.8 Å². The highest BCUT2D eigenvalue weighted by Gasteiger charge is 2.33. The number of anilines is 1. The summed E-state index contributed by atoms with van der Waals surface area (Å²) in [5, 5.41) is 0. The number of hydrogen-bond acceptors (Lipinski definition) is 8. The molecule has 8 nitrogen and oxygen atoms in total. The minimum Gasteiger partial charge on any atom is -0.466 e. The molecule has 0 N–H and O–H groups in total. The molecule has 2 rings (SSSR count). The van der Waals surface area contributed by atoms with Crippen LogP contribution in [-0.4, -0.2) is 52.1 Å². The summed E-state index contributed by atoms with van der Waals surface area (Å²) in [6.07, 6.45) is 0. The molecule has 1 aromatic rings. The standard InChI is InChI=1S/C18H21NO7/c1-5-26-16(20)12-6-7-14(11(2)8-12)19-10-25-9-13(17(21)23-3)15(19)18(22)24-4/h6-8H,5,9-10H2,1-4H3. The number of esters is 3. The molecule has 0 fully saturated rings. The highest BCUT2D eigenvalue weighted by Crippen LogP contribution is 2.30. The molecule has 1 aliphatic rings. The lowest BCUT2D eigenvalue weighted by Crippen LogP contribution is -2.39. The van der Waals surface area contributed by atoms with Crippen LogP contribution < -0.4 is 4.90 Å². The van der Waals surface area contributed by atoms with E-state index in [-0.39, 0.29) is 31.2 Å². The molecule has 26 heavy (non-hydrogen) atoms. The van der Waals surface area contributed by atoms with E-state index in [1.807, 2.05) is 0 Å². The first-order valence-corrected chi connectivity index (χ1v) is 7.97. The van der Waals surface area contributed by atoms with Gasteiger partial charge in [0.1, 0.15) is 12.4 Å². The van der Waals surface area contributed by atoms with Crippen molar-refractivity contribution in [2.75, 3.05) is 39.1 Å². The fourth-order valence-corrected chi connectivity index (χ4v) is 2.63. The fourth-order valence-electron chi connectivity index (χ4n) is 2.63. The van der Waals surface area contributed by atoms with Crippen LogP contribution in [-0.2, 0) is 28.5 Å². The molecule has 0 saturated heterocycles. The molecular weight excluding hydrogens is 342 g/mol. The lowest BCUT2D eigenvalue weighted by Gasteiger charge is -2.32. The smallest absolute Gasteiger partial charge is 0.355 e. The van der Waals surface area contributed by atoms with E-state index >= 15 is 0 Å². The maximum Gasteiger partial charge on any atom is 0.355 e. The summed E-state index contributed by atoms with van der Waals surface area (Å²) in [4.78, 5) is 37.7. The summed E-state index contributed by atoms with van der Waals surface area (Å²) in [5.41, 5.74) is 1.81. The van der Waals surface area contributed by atoms with Crippen LogP contribution >= 0.6 is 0 Å². The average molecular weight is 363 g/mol. The van der Waals surface area contributed by atoms with E-state index in [0.29, 0.717) is 16.8 Å². The van der Waals surface area contributed by atoms with E-state index in [0.717, 1.165) is 0 Å². The van der Waals surface area contributed by atoms with Crippen LogP contribution in [0, 0.1) is 6.92 Å². The highest BCUT2D eigenvalue weighted by molar-refractivity contribution is 6.03. The molecule has 0 aliphatic carbocycles. The van der Waals surface area contributed by atoms with Crippen molar-refractivity contribution >= 4 is 23.6 Å². The third kappa shape index (κ3) is 3.85. The van der Waals surface area contributed by atoms with E-state index in [2.05, 4.69) is 0 Å². The minimum absolute atomic E-state index is 0.0462. The SMILES string of the molecule is CCOC(=O)c1ccc(N2COCC(C(=O)OC)=C2C(=O)OC)c(C)c1. The topological polar surface area (TPSA) is 91.4 Å². The van der Waals surface area contributed by atoms with Gasteiger partial charge in [0.25, 0.3) is 0 Å². The number of benzene rings is 1. The minimum atomic E-state index is -0.678. The van der Waals surface area contributed by atoms with Crippen LogP contribution in [0.25, 0.3) is 0 Å². The van der Waals surface area contributed by atoms with Crippen LogP contribution in [0.2, 0.25) is 0 Å². The van der Waals surface area contributed by atoms with Gasteiger partial charge in [0.05, 0.1) is 38.6 Å². The zero-order chi connectivity index (χ0) is 19.3. The first-order chi connectivity index (χ1) is 12.4. The Morgan fingerprint density at radius 2 is 1.81 bits per heavy atom. The Balaban J connectivity index is 2.49. The van der Waals surface area contributed by atoms with Crippen molar-refractivity contribution < 1.29 is 33.3 Å². The van der Waals surface area contributed by atoms with Gasteiger partial charge in [0, 0.05) is 5.69 Å². The second kappa shape index (κ2) is 8.48. The van der Waals surface area contributed by atoms with Crippen molar-refractivity contribution in [3.8, 4) is 0 Å². The summed E-state index contributed by atoms with van der Waals surface area (Å²) in [7, 11) is 2.46. The number of nitrogens with zero attached hydrogens (tertiary/aromatic N) is 1. The lowest BCUT2D eigenvalue weighted by atomic mass is 10.1. The summed E-state index contributed by atoms with van der Waals surface area (Å²) < 4.78 is 20.0. The Morgan fingerprint density at radius 3 is 2.38 bits per heavy atom. The lowest BCUT2D eigenvalue weighted by molar-refractivity contribution is -0.140. The third-order valence-corrected chi connectivity index (χ3v) is 3.83. The van der Waals surface area contributed by atoms with Crippen LogP contribution in [0.15, 0.2) is 29.5 Å². The van der Waals surface area contributed by atoms with Crippen molar-refractivity contribution in [2.24, 2.45) is 0 Å². The Kier molecular flexibility index (Phi) is 6.35. The quantitative estimate of drug-likeness (QED) is 0.575. The van der Waals surface area contributed by atoms with Gasteiger partial charge in [-0.2, -0.15) is 0 Å². The van der Waals surface area contributed by atoms with Crippen LogP contribution in [0.1, 0.15) is 22.8 Å². The molecule has 0 bridgehead atoms. The molecule has 0 radical (unpaired) electrons. The van der Waals surface area contributed by atoms with E-state index in [1.54, 1.807) is 32.0 Å². The molecule has 0 unspecified atom stereocenters. The van der Waals surface area contributed by atoms with Crippen molar-refractivity contribution in [1.29, 1.82) is 0 Å². The predicted octanol–water partition coefficient (Wildman–Crippen LogP) is 1.57. The summed E-state index contributed by atoms with van der Waals surface area (Å²) in [6, 6.07) is 4.89. The molecule has 0 saturated carbocycles. The number of aryl methyl sites for hydroxylation is 1. The van der Waals surface area contributed by atoms with Crippen molar-refractivity contribution in [2.45, 2.75) is 13.8 Å². The van der Waals surface area contributed by atoms with E-state index < -0.39 is 17.9 Å². The number of carbonyl (C=O) groups excluding carboxylic acids is 3. The highest BCUT2D eigenvalue weighted by atomic mass is 16.5. The van der Waals surface area contributed by atoms with Crippen molar-refractivity contribution in [1.82, 2.24) is 0 Å². The maximum absolute atomic E-state index is 12.3. The third-order valence-electron chi connectivity index (χ3n) is 3.83. The van der Waals surface area contributed by atoms with Gasteiger partial charge in [-0.3, -0.25) is 0 Å². The molecule has 1 aromatic carbocycles. The Morgan fingerprint density at radius 1 is 1.12 bits per heavy atom. The van der Waals surface area contributed by atoms with E-state index in [4.69, 9.17) is 18.9 Å². The van der Waals surface area contributed by atoms with Gasteiger partial charge in [-0.15, -0.1) is 0 Å². The number of ether oxygens (including phenoxy) is 4. The van der Waals surface area contributed by atoms with Crippen LogP contribution in [0.4, 0.5) is 5.69 Å². The van der Waals surface area contributed by atoms with Crippen molar-refractivity contribution in [3.63, 3.8) is 0 Å². The van der Waals surface area contributed by atoms with Crippen molar-refractivity contribution in [3.05, 3.63) is 40.6 Å². The van der Waals surface area contributed by atoms with Gasteiger partial charge in [-0.05, 0) is 37.6 Å². The molecular formula is C18H21NO7. The zero-order valence-corrected chi connectivity index (χ0v) is 15.2. The van der Waals surface area contributed by atoms with Gasteiger partial charge >= 0.3 is 17.9 Å².